The van der Waals surface area contributed by atoms with Crippen LogP contribution in [0.25, 0.3) is 0 Å². The van der Waals surface area contributed by atoms with Crippen LogP contribution in [0.4, 0.5) is 13.2 Å². The Kier molecular flexibility index (Phi) is 3.85. The molecule has 0 bridgehead atoms. The van der Waals surface area contributed by atoms with Gasteiger partial charge in [-0.2, -0.15) is 13.2 Å². The van der Waals surface area contributed by atoms with E-state index in [0.29, 0.717) is 11.6 Å². The van der Waals surface area contributed by atoms with Gasteiger partial charge in [-0.25, -0.2) is 0 Å². The number of thioether (sulfide) groups is 1. The Bertz CT molecular complexity index is 457. The fraction of sp³-hybridized carbons (Fsp3) is 0.417. The van der Waals surface area contributed by atoms with E-state index >= 15 is 0 Å². The maximum atomic E-state index is 12.5. The average Bonchev–Trinajstić information content (AvgIpc) is 2.72. The molecule has 1 aliphatic heterocycles. The second-order valence-corrected chi connectivity index (χ2v) is 5.18. The average molecular weight is 274 g/mol. The van der Waals surface area contributed by atoms with Gasteiger partial charge < -0.3 is 5.32 Å². The van der Waals surface area contributed by atoms with Crippen LogP contribution in [0.1, 0.15) is 18.1 Å². The molecule has 0 radical (unpaired) electrons. The molecule has 0 aliphatic carbocycles. The molecule has 1 unspecified atom stereocenters. The van der Waals surface area contributed by atoms with Crippen LogP contribution in [0.3, 0.4) is 0 Å². The molecule has 98 valence electrons. The third-order valence-corrected chi connectivity index (χ3v) is 3.69. The maximum Gasteiger partial charge on any atom is 0.416 e. The number of rotatable bonds is 2. The zero-order valence-corrected chi connectivity index (χ0v) is 10.6. The summed E-state index contributed by atoms with van der Waals surface area (Å²) in [4.78, 5) is 4.27. The lowest BCUT2D eigenvalue weighted by Gasteiger charge is -2.07. The van der Waals surface area contributed by atoms with Crippen molar-refractivity contribution in [1.29, 1.82) is 0 Å². The second-order valence-electron chi connectivity index (χ2n) is 4.18. The molecule has 0 aromatic heterocycles. The van der Waals surface area contributed by atoms with Crippen molar-refractivity contribution in [3.8, 4) is 0 Å². The van der Waals surface area contributed by atoms with Crippen LogP contribution in [-0.4, -0.2) is 17.0 Å². The Morgan fingerprint density at radius 2 is 2.22 bits per heavy atom. The van der Waals surface area contributed by atoms with Gasteiger partial charge in [0, 0.05) is 11.8 Å². The lowest BCUT2D eigenvalue weighted by molar-refractivity contribution is -0.137. The SMILES string of the molecule is CC1CSC(=NCc2cccc(C(F)(F)F)c2)N1. The molecule has 2 nitrogen and oxygen atoms in total. The number of aliphatic imine (C=N–C) groups is 1. The van der Waals surface area contributed by atoms with Gasteiger partial charge >= 0.3 is 6.18 Å². The fourth-order valence-corrected chi connectivity index (χ4v) is 2.53. The zero-order valence-electron chi connectivity index (χ0n) is 9.79. The lowest BCUT2D eigenvalue weighted by atomic mass is 10.1. The highest BCUT2D eigenvalue weighted by Gasteiger charge is 2.30. The van der Waals surface area contributed by atoms with Crippen molar-refractivity contribution >= 4 is 16.9 Å². The molecule has 2 rings (SSSR count). The summed E-state index contributed by atoms with van der Waals surface area (Å²) >= 11 is 1.60. The Morgan fingerprint density at radius 3 is 2.83 bits per heavy atom. The molecule has 18 heavy (non-hydrogen) atoms. The molecule has 1 aromatic rings. The van der Waals surface area contributed by atoms with Crippen LogP contribution in [0.15, 0.2) is 29.3 Å². The van der Waals surface area contributed by atoms with E-state index in [1.54, 1.807) is 17.8 Å². The largest absolute Gasteiger partial charge is 0.416 e. The second kappa shape index (κ2) is 5.22. The normalized spacial score (nSPS) is 22.2. The van der Waals surface area contributed by atoms with Gasteiger partial charge in [-0.1, -0.05) is 23.9 Å². The minimum atomic E-state index is -4.29. The van der Waals surface area contributed by atoms with Crippen LogP contribution in [-0.2, 0) is 12.7 Å². The summed E-state index contributed by atoms with van der Waals surface area (Å²) in [6, 6.07) is 5.66. The number of alkyl halides is 3. The first kappa shape index (κ1) is 13.3. The van der Waals surface area contributed by atoms with Gasteiger partial charge in [-0.05, 0) is 24.6 Å². The van der Waals surface area contributed by atoms with Crippen LogP contribution >= 0.6 is 11.8 Å². The summed E-state index contributed by atoms with van der Waals surface area (Å²) in [5.41, 5.74) is -0.0557. The molecule has 0 spiro atoms. The molecule has 1 heterocycles. The van der Waals surface area contributed by atoms with Crippen molar-refractivity contribution in [3.05, 3.63) is 35.4 Å². The van der Waals surface area contributed by atoms with E-state index in [4.69, 9.17) is 0 Å². The van der Waals surface area contributed by atoms with Gasteiger partial charge in [-0.15, -0.1) is 0 Å². The first-order valence-electron chi connectivity index (χ1n) is 5.55. The Balaban J connectivity index is 2.06. The molecule has 1 N–H and O–H groups in total. The lowest BCUT2D eigenvalue weighted by Crippen LogP contribution is -2.23. The number of halogens is 3. The van der Waals surface area contributed by atoms with E-state index in [9.17, 15) is 13.2 Å². The van der Waals surface area contributed by atoms with Gasteiger partial charge in [0.15, 0.2) is 5.17 Å². The van der Waals surface area contributed by atoms with Gasteiger partial charge in [0.25, 0.3) is 0 Å². The standard InChI is InChI=1S/C12H13F3N2S/c1-8-7-18-11(17-8)16-6-9-3-2-4-10(5-9)12(13,14)15/h2-5,8H,6-7H2,1H3,(H,16,17). The number of hydrogen-bond donors (Lipinski definition) is 1. The van der Waals surface area contributed by atoms with Crippen LogP contribution < -0.4 is 5.32 Å². The molecule has 0 saturated carbocycles. The third kappa shape index (κ3) is 3.41. The number of hydrogen-bond acceptors (Lipinski definition) is 2. The van der Waals surface area contributed by atoms with Crippen molar-refractivity contribution < 1.29 is 13.2 Å². The van der Waals surface area contributed by atoms with E-state index in [2.05, 4.69) is 10.3 Å². The molecule has 0 amide bonds. The van der Waals surface area contributed by atoms with E-state index in [1.807, 2.05) is 6.92 Å². The molecule has 1 fully saturated rings. The highest BCUT2D eigenvalue weighted by Crippen LogP contribution is 2.29. The predicted molar refractivity (Wildman–Crippen MR) is 67.6 cm³/mol. The summed E-state index contributed by atoms with van der Waals surface area (Å²) in [6.07, 6.45) is -4.29. The van der Waals surface area contributed by atoms with E-state index in [0.717, 1.165) is 23.1 Å². The molecule has 6 heteroatoms. The minimum Gasteiger partial charge on any atom is -0.362 e. The highest BCUT2D eigenvalue weighted by atomic mass is 32.2. The molecule has 1 atom stereocenters. The van der Waals surface area contributed by atoms with Crippen molar-refractivity contribution in [2.45, 2.75) is 25.7 Å². The first-order valence-corrected chi connectivity index (χ1v) is 6.53. The van der Waals surface area contributed by atoms with Gasteiger partial charge in [0.05, 0.1) is 12.1 Å². The minimum absolute atomic E-state index is 0.270. The number of nitrogens with zero attached hydrogens (tertiary/aromatic N) is 1. The van der Waals surface area contributed by atoms with E-state index in [-0.39, 0.29) is 6.54 Å². The highest BCUT2D eigenvalue weighted by molar-refractivity contribution is 8.14. The molecule has 1 aromatic carbocycles. The summed E-state index contributed by atoms with van der Waals surface area (Å²) in [5, 5.41) is 3.97. The van der Waals surface area contributed by atoms with Gasteiger partial charge in [-0.3, -0.25) is 4.99 Å². The maximum absolute atomic E-state index is 12.5. The zero-order chi connectivity index (χ0) is 13.2. The first-order chi connectivity index (χ1) is 8.45. The van der Waals surface area contributed by atoms with Crippen LogP contribution in [0, 0.1) is 0 Å². The third-order valence-electron chi connectivity index (χ3n) is 2.50. The quantitative estimate of drug-likeness (QED) is 0.895. The summed E-state index contributed by atoms with van der Waals surface area (Å²) in [6.45, 7) is 2.31. The number of amidine groups is 1. The molecular formula is C12H13F3N2S. The topological polar surface area (TPSA) is 24.4 Å². The molecule has 1 saturated heterocycles. The van der Waals surface area contributed by atoms with Crippen molar-refractivity contribution in [2.24, 2.45) is 4.99 Å². The smallest absolute Gasteiger partial charge is 0.362 e. The molecule has 1 aliphatic rings. The van der Waals surface area contributed by atoms with Crippen LogP contribution in [0.2, 0.25) is 0 Å². The Labute approximate surface area is 108 Å². The van der Waals surface area contributed by atoms with Gasteiger partial charge in [0.1, 0.15) is 0 Å². The Hall–Kier alpha value is -1.17. The van der Waals surface area contributed by atoms with Crippen LogP contribution in [0.5, 0.6) is 0 Å². The van der Waals surface area contributed by atoms with E-state index in [1.165, 1.54) is 6.07 Å². The fourth-order valence-electron chi connectivity index (χ4n) is 1.60. The monoisotopic (exact) mass is 274 g/mol. The number of nitrogens with one attached hydrogen (secondary N) is 1. The number of benzene rings is 1. The van der Waals surface area contributed by atoms with Crippen molar-refractivity contribution in [1.82, 2.24) is 5.32 Å². The molecular weight excluding hydrogens is 261 g/mol. The van der Waals surface area contributed by atoms with Gasteiger partial charge in [0.2, 0.25) is 0 Å². The predicted octanol–water partition coefficient (Wildman–Crippen LogP) is 3.29. The summed E-state index contributed by atoms with van der Waals surface area (Å²) in [7, 11) is 0. The summed E-state index contributed by atoms with van der Waals surface area (Å²) < 4.78 is 37.5. The van der Waals surface area contributed by atoms with Crippen molar-refractivity contribution in [2.75, 3.05) is 5.75 Å². The van der Waals surface area contributed by atoms with Crippen molar-refractivity contribution in [3.63, 3.8) is 0 Å². The Morgan fingerprint density at radius 1 is 1.44 bits per heavy atom. The summed E-state index contributed by atoms with van der Waals surface area (Å²) in [5.74, 6) is 0.946. The van der Waals surface area contributed by atoms with E-state index < -0.39 is 11.7 Å².